The maximum atomic E-state index is 12.5. The first-order chi connectivity index (χ1) is 11.5. The molecule has 0 radical (unpaired) electrons. The molecule has 2 aromatic carbocycles. The highest BCUT2D eigenvalue weighted by Crippen LogP contribution is 2.25. The molecular weight excluding hydrogens is 306 g/mol. The fourth-order valence-electron chi connectivity index (χ4n) is 3.01. The molecule has 0 bridgehead atoms. The van der Waals surface area contributed by atoms with Crippen LogP contribution in [-0.2, 0) is 17.8 Å². The molecule has 2 aromatic rings. The number of benzene rings is 2. The number of non-ortho nitro benzene ring substituents is 1. The fraction of sp³-hybridized carbons (Fsp3) is 0.278. The normalized spacial score (nSPS) is 14.8. The Kier molecular flexibility index (Phi) is 4.57. The molecule has 0 aromatic heterocycles. The first-order valence-corrected chi connectivity index (χ1v) is 7.89. The standard InChI is InChI=1S/C18H19N3O3/c19-17(14-4-2-1-3-5-14)11-18(22)20-9-8-13-6-7-16(21(23)24)10-15(13)12-20/h1-7,10,17H,8-9,11-12,19H2/t17-/m0/s1. The van der Waals surface area contributed by atoms with Crippen LogP contribution in [0.1, 0.15) is 29.2 Å². The number of nitro benzene ring substituents is 1. The Labute approximate surface area is 140 Å². The predicted octanol–water partition coefficient (Wildman–Crippen LogP) is 2.57. The van der Waals surface area contributed by atoms with Crippen LogP contribution >= 0.6 is 0 Å². The number of carbonyl (C=O) groups is 1. The summed E-state index contributed by atoms with van der Waals surface area (Å²) in [5.74, 6) is -0.0245. The fourth-order valence-corrected chi connectivity index (χ4v) is 3.01. The summed E-state index contributed by atoms with van der Waals surface area (Å²) in [4.78, 5) is 24.8. The van der Waals surface area contributed by atoms with Gasteiger partial charge in [0.15, 0.2) is 0 Å². The minimum Gasteiger partial charge on any atom is -0.338 e. The van der Waals surface area contributed by atoms with Crippen molar-refractivity contribution in [1.29, 1.82) is 0 Å². The first-order valence-electron chi connectivity index (χ1n) is 7.89. The van der Waals surface area contributed by atoms with Gasteiger partial charge in [-0.3, -0.25) is 14.9 Å². The van der Waals surface area contributed by atoms with E-state index >= 15 is 0 Å². The van der Waals surface area contributed by atoms with Crippen LogP contribution in [0.5, 0.6) is 0 Å². The zero-order chi connectivity index (χ0) is 17.1. The summed E-state index contributed by atoms with van der Waals surface area (Å²) in [6.07, 6.45) is 0.938. The van der Waals surface area contributed by atoms with Crippen LogP contribution in [0.2, 0.25) is 0 Å². The van der Waals surface area contributed by atoms with Crippen LogP contribution in [0.15, 0.2) is 48.5 Å². The highest BCUT2D eigenvalue weighted by molar-refractivity contribution is 5.77. The van der Waals surface area contributed by atoms with Crippen molar-refractivity contribution in [2.75, 3.05) is 6.54 Å². The Morgan fingerprint density at radius 3 is 2.67 bits per heavy atom. The lowest BCUT2D eigenvalue weighted by molar-refractivity contribution is -0.385. The van der Waals surface area contributed by atoms with Crippen molar-refractivity contribution in [3.8, 4) is 0 Å². The number of nitro groups is 1. The van der Waals surface area contributed by atoms with Gasteiger partial charge >= 0.3 is 0 Å². The zero-order valence-electron chi connectivity index (χ0n) is 13.2. The molecule has 0 saturated carbocycles. The third-order valence-electron chi connectivity index (χ3n) is 4.39. The average Bonchev–Trinajstić information content (AvgIpc) is 2.61. The molecule has 124 valence electrons. The summed E-state index contributed by atoms with van der Waals surface area (Å²) >= 11 is 0. The Hall–Kier alpha value is -2.73. The first kappa shape index (κ1) is 16.1. The summed E-state index contributed by atoms with van der Waals surface area (Å²) < 4.78 is 0. The van der Waals surface area contributed by atoms with Crippen LogP contribution in [0.3, 0.4) is 0 Å². The minimum absolute atomic E-state index is 0.0245. The van der Waals surface area contributed by atoms with Gasteiger partial charge in [0.2, 0.25) is 5.91 Å². The molecule has 3 rings (SSSR count). The van der Waals surface area contributed by atoms with E-state index in [1.165, 1.54) is 6.07 Å². The molecule has 24 heavy (non-hydrogen) atoms. The van der Waals surface area contributed by atoms with E-state index in [0.717, 1.165) is 16.7 Å². The molecule has 6 nitrogen and oxygen atoms in total. The summed E-state index contributed by atoms with van der Waals surface area (Å²) in [7, 11) is 0. The Balaban J connectivity index is 1.69. The number of rotatable bonds is 4. The van der Waals surface area contributed by atoms with E-state index in [2.05, 4.69) is 0 Å². The maximum absolute atomic E-state index is 12.5. The SMILES string of the molecule is N[C@@H](CC(=O)N1CCc2ccc([N+](=O)[O-])cc2C1)c1ccccc1. The highest BCUT2D eigenvalue weighted by Gasteiger charge is 2.24. The molecule has 0 aliphatic carbocycles. The second-order valence-electron chi connectivity index (χ2n) is 6.00. The van der Waals surface area contributed by atoms with E-state index in [9.17, 15) is 14.9 Å². The molecule has 2 N–H and O–H groups in total. The molecule has 1 aliphatic rings. The average molecular weight is 325 g/mol. The number of hydrogen-bond donors (Lipinski definition) is 1. The number of nitrogens with two attached hydrogens (primary N) is 1. The second kappa shape index (κ2) is 6.80. The third kappa shape index (κ3) is 3.44. The largest absolute Gasteiger partial charge is 0.338 e. The molecule has 6 heteroatoms. The number of amides is 1. The number of nitrogens with zero attached hydrogens (tertiary/aromatic N) is 2. The number of fused-ring (bicyclic) bond motifs is 1. The van der Waals surface area contributed by atoms with Gasteiger partial charge in [0.25, 0.3) is 5.69 Å². The summed E-state index contributed by atoms with van der Waals surface area (Å²) in [6, 6.07) is 14.0. The molecular formula is C18H19N3O3. The van der Waals surface area contributed by atoms with Crippen molar-refractivity contribution in [3.63, 3.8) is 0 Å². The summed E-state index contributed by atoms with van der Waals surface area (Å²) in [6.45, 7) is 1.02. The van der Waals surface area contributed by atoms with Crippen molar-refractivity contribution in [2.24, 2.45) is 5.73 Å². The van der Waals surface area contributed by atoms with Gasteiger partial charge in [-0.1, -0.05) is 36.4 Å². The van der Waals surface area contributed by atoms with Gasteiger partial charge in [0.1, 0.15) is 0 Å². The third-order valence-corrected chi connectivity index (χ3v) is 4.39. The Morgan fingerprint density at radius 2 is 1.96 bits per heavy atom. The van der Waals surface area contributed by atoms with Crippen molar-refractivity contribution >= 4 is 11.6 Å². The van der Waals surface area contributed by atoms with Crippen molar-refractivity contribution < 1.29 is 9.72 Å². The van der Waals surface area contributed by atoms with Crippen molar-refractivity contribution in [3.05, 3.63) is 75.3 Å². The van der Waals surface area contributed by atoms with E-state index in [-0.39, 0.29) is 24.1 Å². The lowest BCUT2D eigenvalue weighted by Crippen LogP contribution is -2.37. The van der Waals surface area contributed by atoms with Crippen LogP contribution in [0.4, 0.5) is 5.69 Å². The van der Waals surface area contributed by atoms with Gasteiger partial charge in [0, 0.05) is 37.7 Å². The topological polar surface area (TPSA) is 89.5 Å². The van der Waals surface area contributed by atoms with E-state index in [4.69, 9.17) is 5.73 Å². The van der Waals surface area contributed by atoms with Gasteiger partial charge < -0.3 is 10.6 Å². The van der Waals surface area contributed by atoms with Crippen LogP contribution in [0.25, 0.3) is 0 Å². The van der Waals surface area contributed by atoms with Gasteiger partial charge in [-0.2, -0.15) is 0 Å². The molecule has 1 atom stereocenters. The molecule has 0 fully saturated rings. The monoisotopic (exact) mass is 325 g/mol. The zero-order valence-corrected chi connectivity index (χ0v) is 13.2. The van der Waals surface area contributed by atoms with Crippen LogP contribution in [0, 0.1) is 10.1 Å². The highest BCUT2D eigenvalue weighted by atomic mass is 16.6. The smallest absolute Gasteiger partial charge is 0.269 e. The van der Waals surface area contributed by atoms with E-state index in [0.29, 0.717) is 19.5 Å². The lowest BCUT2D eigenvalue weighted by Gasteiger charge is -2.29. The second-order valence-corrected chi connectivity index (χ2v) is 6.00. The van der Waals surface area contributed by atoms with E-state index in [1.54, 1.807) is 17.0 Å². The molecule has 0 saturated heterocycles. The maximum Gasteiger partial charge on any atom is 0.269 e. The summed E-state index contributed by atoms with van der Waals surface area (Å²) in [5, 5.41) is 10.9. The Bertz CT molecular complexity index is 761. The molecule has 1 heterocycles. The van der Waals surface area contributed by atoms with Crippen molar-refractivity contribution in [2.45, 2.75) is 25.4 Å². The molecule has 1 amide bonds. The minimum atomic E-state index is -0.410. The van der Waals surface area contributed by atoms with Gasteiger partial charge in [-0.25, -0.2) is 0 Å². The molecule has 0 unspecified atom stereocenters. The van der Waals surface area contributed by atoms with Gasteiger partial charge in [0.05, 0.1) is 4.92 Å². The predicted molar refractivity (Wildman–Crippen MR) is 90.2 cm³/mol. The number of hydrogen-bond acceptors (Lipinski definition) is 4. The Morgan fingerprint density at radius 1 is 1.21 bits per heavy atom. The van der Waals surface area contributed by atoms with Crippen molar-refractivity contribution in [1.82, 2.24) is 4.90 Å². The summed E-state index contributed by atoms with van der Waals surface area (Å²) in [5.41, 5.74) is 9.02. The van der Waals surface area contributed by atoms with Crippen LogP contribution < -0.4 is 5.73 Å². The molecule has 1 aliphatic heterocycles. The van der Waals surface area contributed by atoms with Crippen LogP contribution in [-0.4, -0.2) is 22.3 Å². The lowest BCUT2D eigenvalue weighted by atomic mass is 9.98. The molecule has 0 spiro atoms. The van der Waals surface area contributed by atoms with E-state index < -0.39 is 4.92 Å². The van der Waals surface area contributed by atoms with Gasteiger partial charge in [-0.15, -0.1) is 0 Å². The van der Waals surface area contributed by atoms with E-state index in [1.807, 2.05) is 30.3 Å². The number of carbonyl (C=O) groups excluding carboxylic acids is 1. The quantitative estimate of drug-likeness (QED) is 0.691. The van der Waals surface area contributed by atoms with Gasteiger partial charge in [-0.05, 0) is 23.1 Å².